The van der Waals surface area contributed by atoms with E-state index in [1.54, 1.807) is 12.1 Å². The summed E-state index contributed by atoms with van der Waals surface area (Å²) in [6.07, 6.45) is 0. The van der Waals surface area contributed by atoms with Crippen molar-refractivity contribution in [3.63, 3.8) is 0 Å². The van der Waals surface area contributed by atoms with Gasteiger partial charge in [0.1, 0.15) is 0 Å². The molecule has 7 heteroatoms. The van der Waals surface area contributed by atoms with E-state index in [0.717, 1.165) is 23.6 Å². The van der Waals surface area contributed by atoms with E-state index in [2.05, 4.69) is 0 Å². The zero-order chi connectivity index (χ0) is 18.1. The van der Waals surface area contributed by atoms with Crippen molar-refractivity contribution in [2.75, 3.05) is 20.1 Å². The number of aromatic nitrogens is 1. The van der Waals surface area contributed by atoms with E-state index in [9.17, 15) is 13.2 Å². The molecule has 0 spiro atoms. The second-order valence-electron chi connectivity index (χ2n) is 5.91. The highest BCUT2D eigenvalue weighted by Gasteiger charge is 2.18. The van der Waals surface area contributed by atoms with Crippen molar-refractivity contribution in [3.8, 4) is 5.69 Å². The Morgan fingerprint density at radius 2 is 1.79 bits per heavy atom. The number of aryl methyl sites for hydroxylation is 1. The fraction of sp³-hybridized carbons (Fsp3) is 0.353. The topological polar surface area (TPSA) is 85.4 Å². The number of hydrogen-bond acceptors (Lipinski definition) is 4. The predicted octanol–water partition coefficient (Wildman–Crippen LogP) is 1.88. The third-order valence-corrected chi connectivity index (χ3v) is 5.04. The van der Waals surface area contributed by atoms with E-state index < -0.39 is 10.0 Å². The Hall–Kier alpha value is -1.96. The van der Waals surface area contributed by atoms with Crippen LogP contribution in [0.25, 0.3) is 5.69 Å². The summed E-state index contributed by atoms with van der Waals surface area (Å²) >= 11 is 0. The zero-order valence-electron chi connectivity index (χ0n) is 14.4. The molecule has 0 saturated heterocycles. The van der Waals surface area contributed by atoms with E-state index in [0.29, 0.717) is 12.1 Å². The first kappa shape index (κ1) is 18.4. The lowest BCUT2D eigenvalue weighted by atomic mass is 10.1. The van der Waals surface area contributed by atoms with E-state index in [-0.39, 0.29) is 10.7 Å². The highest BCUT2D eigenvalue weighted by molar-refractivity contribution is 7.89. The first-order valence-corrected chi connectivity index (χ1v) is 9.23. The Labute approximate surface area is 142 Å². The molecule has 2 aromatic rings. The maximum atomic E-state index is 12.5. The van der Waals surface area contributed by atoms with Gasteiger partial charge in [0, 0.05) is 22.6 Å². The molecule has 0 saturated carbocycles. The van der Waals surface area contributed by atoms with Gasteiger partial charge in [-0.15, -0.1) is 0 Å². The summed E-state index contributed by atoms with van der Waals surface area (Å²) in [7, 11) is -1.81. The number of rotatable bonds is 6. The molecule has 0 aliphatic carbocycles. The van der Waals surface area contributed by atoms with Crippen LogP contribution in [0.4, 0.5) is 0 Å². The lowest BCUT2D eigenvalue weighted by molar-refractivity contribution is 0.0948. The van der Waals surface area contributed by atoms with Crippen LogP contribution < -0.4 is 5.14 Å². The number of carbonyl (C=O) groups is 1. The number of benzene rings is 1. The molecule has 130 valence electrons. The summed E-state index contributed by atoms with van der Waals surface area (Å²) in [5.41, 5.74) is 3.23. The summed E-state index contributed by atoms with van der Waals surface area (Å²) in [5, 5.41) is 5.12. The number of carbonyl (C=O) groups excluding carboxylic acids is 1. The molecule has 24 heavy (non-hydrogen) atoms. The standard InChI is InChI=1S/C17H23N3O3S/c1-5-19(4)11-17(21)16-10-12(2)20(13(16)3)14-6-8-15(9-7-14)24(18,22)23/h6-10H,5,11H2,1-4H3,(H2,18,22,23). The van der Waals surface area contributed by atoms with Crippen LogP contribution in [0.5, 0.6) is 0 Å². The van der Waals surface area contributed by atoms with Gasteiger partial charge in [-0.2, -0.15) is 0 Å². The number of nitrogens with two attached hydrogens (primary N) is 1. The highest BCUT2D eigenvalue weighted by Crippen LogP contribution is 2.22. The quantitative estimate of drug-likeness (QED) is 0.807. The Bertz CT molecular complexity index is 852. The van der Waals surface area contributed by atoms with Crippen molar-refractivity contribution >= 4 is 15.8 Å². The number of nitrogens with zero attached hydrogens (tertiary/aromatic N) is 2. The molecule has 2 rings (SSSR count). The molecule has 0 aliphatic rings. The van der Waals surface area contributed by atoms with Crippen LogP contribution in [-0.2, 0) is 10.0 Å². The van der Waals surface area contributed by atoms with Gasteiger partial charge in [0.15, 0.2) is 5.78 Å². The molecular formula is C17H23N3O3S. The molecule has 0 unspecified atom stereocenters. The number of ketones is 1. The van der Waals surface area contributed by atoms with Crippen molar-refractivity contribution < 1.29 is 13.2 Å². The van der Waals surface area contributed by atoms with Crippen LogP contribution in [0.15, 0.2) is 35.2 Å². The third kappa shape index (κ3) is 3.75. The van der Waals surface area contributed by atoms with Crippen LogP contribution in [0.3, 0.4) is 0 Å². The molecule has 1 aromatic heterocycles. The number of primary sulfonamides is 1. The molecule has 0 radical (unpaired) electrons. The van der Waals surface area contributed by atoms with Crippen LogP contribution in [-0.4, -0.2) is 43.8 Å². The van der Waals surface area contributed by atoms with Gasteiger partial charge in [0.2, 0.25) is 10.0 Å². The van der Waals surface area contributed by atoms with E-state index in [1.807, 2.05) is 43.4 Å². The van der Waals surface area contributed by atoms with E-state index in [1.165, 1.54) is 12.1 Å². The Balaban J connectivity index is 2.40. The molecular weight excluding hydrogens is 326 g/mol. The molecule has 0 bridgehead atoms. The van der Waals surface area contributed by atoms with Gasteiger partial charge in [-0.3, -0.25) is 9.69 Å². The predicted molar refractivity (Wildman–Crippen MR) is 94.1 cm³/mol. The minimum atomic E-state index is -3.72. The maximum Gasteiger partial charge on any atom is 0.238 e. The van der Waals surface area contributed by atoms with Gasteiger partial charge < -0.3 is 4.57 Å². The SMILES string of the molecule is CCN(C)CC(=O)c1cc(C)n(-c2ccc(S(N)(=O)=O)cc2)c1C. The van der Waals surface area contributed by atoms with Gasteiger partial charge >= 0.3 is 0 Å². The number of Topliss-reactive ketones (excluding diaryl/α,β-unsaturated/α-hetero) is 1. The second-order valence-corrected chi connectivity index (χ2v) is 7.47. The van der Waals surface area contributed by atoms with Crippen molar-refractivity contribution in [2.45, 2.75) is 25.7 Å². The number of sulfonamides is 1. The summed E-state index contributed by atoms with van der Waals surface area (Å²) < 4.78 is 24.7. The van der Waals surface area contributed by atoms with Gasteiger partial charge in [0.25, 0.3) is 0 Å². The molecule has 0 atom stereocenters. The van der Waals surface area contributed by atoms with Crippen LogP contribution >= 0.6 is 0 Å². The smallest absolute Gasteiger partial charge is 0.238 e. The van der Waals surface area contributed by atoms with Crippen LogP contribution in [0.2, 0.25) is 0 Å². The summed E-state index contributed by atoms with van der Waals surface area (Å²) in [5.74, 6) is 0.0693. The van der Waals surface area contributed by atoms with Gasteiger partial charge in [-0.05, 0) is 57.8 Å². The van der Waals surface area contributed by atoms with Gasteiger partial charge in [-0.1, -0.05) is 6.92 Å². The normalized spacial score (nSPS) is 11.9. The van der Waals surface area contributed by atoms with Gasteiger partial charge in [-0.25, -0.2) is 13.6 Å². The number of hydrogen-bond donors (Lipinski definition) is 1. The lowest BCUT2D eigenvalue weighted by Gasteiger charge is -2.13. The van der Waals surface area contributed by atoms with Crippen molar-refractivity contribution in [1.82, 2.24) is 9.47 Å². The average molecular weight is 349 g/mol. The summed E-state index contributed by atoms with van der Waals surface area (Å²) in [6, 6.07) is 8.18. The third-order valence-electron chi connectivity index (χ3n) is 4.11. The molecule has 0 fully saturated rings. The van der Waals surface area contributed by atoms with Crippen molar-refractivity contribution in [1.29, 1.82) is 0 Å². The first-order chi connectivity index (χ1) is 11.1. The minimum Gasteiger partial charge on any atom is -0.318 e. The molecule has 6 nitrogen and oxygen atoms in total. The maximum absolute atomic E-state index is 12.5. The van der Waals surface area contributed by atoms with Crippen LogP contribution in [0.1, 0.15) is 28.7 Å². The monoisotopic (exact) mass is 349 g/mol. The largest absolute Gasteiger partial charge is 0.318 e. The minimum absolute atomic E-state index is 0.0644. The lowest BCUT2D eigenvalue weighted by Crippen LogP contribution is -2.25. The fourth-order valence-corrected chi connectivity index (χ4v) is 3.18. The van der Waals surface area contributed by atoms with Crippen molar-refractivity contribution in [2.24, 2.45) is 5.14 Å². The average Bonchev–Trinajstić information content (AvgIpc) is 2.81. The van der Waals surface area contributed by atoms with E-state index in [4.69, 9.17) is 5.14 Å². The fourth-order valence-electron chi connectivity index (χ4n) is 2.67. The van der Waals surface area contributed by atoms with E-state index >= 15 is 0 Å². The highest BCUT2D eigenvalue weighted by atomic mass is 32.2. The molecule has 0 amide bonds. The molecule has 2 N–H and O–H groups in total. The molecule has 1 heterocycles. The summed E-state index contributed by atoms with van der Waals surface area (Å²) in [6.45, 7) is 6.98. The Kier molecular flexibility index (Phi) is 5.27. The Morgan fingerprint density at radius 1 is 1.21 bits per heavy atom. The Morgan fingerprint density at radius 3 is 2.29 bits per heavy atom. The summed E-state index contributed by atoms with van der Waals surface area (Å²) in [4.78, 5) is 14.5. The number of likely N-dealkylation sites (N-methyl/N-ethyl adjacent to an activating group) is 1. The molecule has 1 aromatic carbocycles. The second kappa shape index (κ2) is 6.88. The van der Waals surface area contributed by atoms with Crippen LogP contribution in [0, 0.1) is 13.8 Å². The molecule has 0 aliphatic heterocycles. The van der Waals surface area contributed by atoms with Crippen molar-refractivity contribution in [3.05, 3.63) is 47.3 Å². The first-order valence-electron chi connectivity index (χ1n) is 7.69. The van der Waals surface area contributed by atoms with Gasteiger partial charge in [0.05, 0.1) is 11.4 Å². The zero-order valence-corrected chi connectivity index (χ0v) is 15.2.